The molecule has 226 valence electrons. The molecule has 0 bridgehead atoms. The van der Waals surface area contributed by atoms with E-state index in [1.165, 1.54) is 11.1 Å². The average molecular weight is 582 g/mol. The summed E-state index contributed by atoms with van der Waals surface area (Å²) in [4.78, 5) is 20.2. The Morgan fingerprint density at radius 1 is 0.977 bits per heavy atom. The topological polar surface area (TPSA) is 81.0 Å². The molecule has 6 rings (SSSR count). The fraction of sp³-hybridized carbons (Fsp3) is 0.457. The summed E-state index contributed by atoms with van der Waals surface area (Å²) in [6.07, 6.45) is 8.83. The number of ether oxygens (including phenoxy) is 2. The van der Waals surface area contributed by atoms with Crippen molar-refractivity contribution < 1.29 is 14.3 Å². The predicted octanol–water partition coefficient (Wildman–Crippen LogP) is 6.18. The maximum atomic E-state index is 12.9. The van der Waals surface area contributed by atoms with Crippen LogP contribution in [-0.2, 0) is 19.7 Å². The van der Waals surface area contributed by atoms with Crippen LogP contribution in [0.15, 0.2) is 79.0 Å². The van der Waals surface area contributed by atoms with Gasteiger partial charge >= 0.3 is 5.97 Å². The highest BCUT2D eigenvalue weighted by Crippen LogP contribution is 2.41. The van der Waals surface area contributed by atoms with Gasteiger partial charge in [0.25, 0.3) is 0 Å². The SMILES string of the molecule is CCOC(=O)C1(c2cn3nc(NCCCN4CCC(OC(c5ccccc5)c5ccccc5)CC4)ccc3n2)CCCC1. The Balaban J connectivity index is 0.980. The second kappa shape index (κ2) is 13.7. The summed E-state index contributed by atoms with van der Waals surface area (Å²) in [7, 11) is 0. The minimum Gasteiger partial charge on any atom is -0.465 e. The second-order valence-electron chi connectivity index (χ2n) is 11.8. The smallest absolute Gasteiger partial charge is 0.318 e. The maximum absolute atomic E-state index is 12.9. The minimum atomic E-state index is -0.639. The Labute approximate surface area is 254 Å². The van der Waals surface area contributed by atoms with E-state index in [9.17, 15) is 4.79 Å². The number of carbonyl (C=O) groups excluding carboxylic acids is 1. The summed E-state index contributed by atoms with van der Waals surface area (Å²) in [5.41, 5.74) is 3.30. The number of hydrogen-bond donors (Lipinski definition) is 1. The Bertz CT molecular complexity index is 1420. The van der Waals surface area contributed by atoms with Gasteiger partial charge in [-0.1, -0.05) is 73.5 Å². The van der Waals surface area contributed by atoms with E-state index >= 15 is 0 Å². The van der Waals surface area contributed by atoms with Crippen LogP contribution in [0.3, 0.4) is 0 Å². The van der Waals surface area contributed by atoms with E-state index in [0.717, 1.165) is 88.3 Å². The zero-order valence-electron chi connectivity index (χ0n) is 25.2. The molecule has 0 spiro atoms. The van der Waals surface area contributed by atoms with Crippen molar-refractivity contribution in [2.24, 2.45) is 0 Å². The van der Waals surface area contributed by atoms with Gasteiger partial charge in [-0.25, -0.2) is 9.50 Å². The molecule has 1 saturated heterocycles. The molecule has 0 amide bonds. The molecule has 0 radical (unpaired) electrons. The number of benzene rings is 2. The lowest BCUT2D eigenvalue weighted by Gasteiger charge is -2.34. The highest BCUT2D eigenvalue weighted by molar-refractivity contribution is 5.83. The molecule has 43 heavy (non-hydrogen) atoms. The molecule has 1 saturated carbocycles. The fourth-order valence-corrected chi connectivity index (χ4v) is 6.61. The summed E-state index contributed by atoms with van der Waals surface area (Å²) in [6.45, 7) is 6.22. The van der Waals surface area contributed by atoms with Crippen molar-refractivity contribution >= 4 is 17.4 Å². The van der Waals surface area contributed by atoms with E-state index in [-0.39, 0.29) is 18.2 Å². The van der Waals surface area contributed by atoms with Gasteiger partial charge in [-0.15, -0.1) is 5.10 Å². The van der Waals surface area contributed by atoms with E-state index < -0.39 is 5.41 Å². The van der Waals surface area contributed by atoms with Gasteiger partial charge in [0.15, 0.2) is 5.65 Å². The zero-order chi connectivity index (χ0) is 29.5. The number of esters is 1. The summed E-state index contributed by atoms with van der Waals surface area (Å²) in [5.74, 6) is 0.657. The molecule has 4 aromatic rings. The fourth-order valence-electron chi connectivity index (χ4n) is 6.61. The van der Waals surface area contributed by atoms with Crippen LogP contribution in [0.5, 0.6) is 0 Å². The first-order chi connectivity index (χ1) is 21.1. The van der Waals surface area contributed by atoms with Gasteiger partial charge in [-0.3, -0.25) is 4.79 Å². The standard InChI is InChI=1S/C35H43N5O3/c1-2-42-34(41)35(20-9-10-21-35)30-26-40-32(37-30)17-16-31(38-40)36-22-11-23-39-24-18-29(19-25-39)43-33(27-12-5-3-6-13-27)28-14-7-4-8-15-28/h3-8,12-17,26,29,33H,2,9-11,18-25H2,1H3,(H,36,38). The van der Waals surface area contributed by atoms with Crippen LogP contribution < -0.4 is 5.32 Å². The molecule has 8 nitrogen and oxygen atoms in total. The number of carbonyl (C=O) groups is 1. The normalized spacial score (nSPS) is 17.4. The van der Waals surface area contributed by atoms with Gasteiger partial charge in [-0.05, 0) is 68.8 Å². The van der Waals surface area contributed by atoms with Crippen molar-refractivity contribution in [1.82, 2.24) is 19.5 Å². The largest absolute Gasteiger partial charge is 0.465 e. The van der Waals surface area contributed by atoms with Gasteiger partial charge in [0.2, 0.25) is 0 Å². The van der Waals surface area contributed by atoms with Crippen molar-refractivity contribution in [3.63, 3.8) is 0 Å². The Morgan fingerprint density at radius 3 is 2.30 bits per heavy atom. The first kappa shape index (κ1) is 29.3. The molecule has 0 atom stereocenters. The number of anilines is 1. The first-order valence-corrected chi connectivity index (χ1v) is 15.9. The molecule has 2 fully saturated rings. The molecule has 3 heterocycles. The molecule has 2 aliphatic rings. The number of imidazole rings is 1. The highest BCUT2D eigenvalue weighted by atomic mass is 16.5. The third kappa shape index (κ3) is 6.76. The quantitative estimate of drug-likeness (QED) is 0.158. The summed E-state index contributed by atoms with van der Waals surface area (Å²) in [5, 5.41) is 8.21. The molecule has 2 aromatic heterocycles. The van der Waals surface area contributed by atoms with Crippen LogP contribution >= 0.6 is 0 Å². The zero-order valence-corrected chi connectivity index (χ0v) is 25.2. The number of aromatic nitrogens is 3. The predicted molar refractivity (Wildman–Crippen MR) is 168 cm³/mol. The number of hydrogen-bond acceptors (Lipinski definition) is 7. The van der Waals surface area contributed by atoms with Crippen molar-refractivity contribution in [2.45, 2.75) is 69.5 Å². The summed E-state index contributed by atoms with van der Waals surface area (Å²) >= 11 is 0. The van der Waals surface area contributed by atoms with E-state index in [0.29, 0.717) is 6.61 Å². The summed E-state index contributed by atoms with van der Waals surface area (Å²) < 4.78 is 14.0. The van der Waals surface area contributed by atoms with Gasteiger partial charge in [0, 0.05) is 19.6 Å². The average Bonchev–Trinajstić information content (AvgIpc) is 3.72. The lowest BCUT2D eigenvalue weighted by atomic mass is 9.83. The molecule has 1 aliphatic heterocycles. The molecular formula is C35H43N5O3. The summed E-state index contributed by atoms with van der Waals surface area (Å²) in [6, 6.07) is 25.0. The molecule has 1 N–H and O–H groups in total. The van der Waals surface area contributed by atoms with Crippen molar-refractivity contribution in [3.8, 4) is 0 Å². The van der Waals surface area contributed by atoms with Gasteiger partial charge in [0.05, 0.1) is 24.6 Å². The van der Waals surface area contributed by atoms with E-state index in [1.54, 1.807) is 4.52 Å². The first-order valence-electron chi connectivity index (χ1n) is 15.9. The Kier molecular flexibility index (Phi) is 9.34. The highest BCUT2D eigenvalue weighted by Gasteiger charge is 2.46. The van der Waals surface area contributed by atoms with Gasteiger partial charge in [-0.2, -0.15) is 0 Å². The number of likely N-dealkylation sites (tertiary alicyclic amines) is 1. The van der Waals surface area contributed by atoms with E-state index in [2.05, 4.69) is 70.9 Å². The van der Waals surface area contributed by atoms with Crippen LogP contribution in [0, 0.1) is 0 Å². The number of rotatable bonds is 12. The van der Waals surface area contributed by atoms with Gasteiger partial charge < -0.3 is 19.7 Å². The number of nitrogens with one attached hydrogen (secondary N) is 1. The Hall–Kier alpha value is -3.75. The third-order valence-electron chi connectivity index (χ3n) is 8.96. The molecule has 0 unspecified atom stereocenters. The van der Waals surface area contributed by atoms with Crippen molar-refractivity contribution in [1.29, 1.82) is 0 Å². The van der Waals surface area contributed by atoms with Crippen LogP contribution in [0.4, 0.5) is 5.82 Å². The van der Waals surface area contributed by atoms with Crippen LogP contribution in [0.25, 0.3) is 5.65 Å². The van der Waals surface area contributed by atoms with Crippen LogP contribution in [-0.4, -0.2) is 64.4 Å². The van der Waals surface area contributed by atoms with Crippen LogP contribution in [0.2, 0.25) is 0 Å². The number of nitrogens with zero attached hydrogens (tertiary/aromatic N) is 4. The second-order valence-corrected chi connectivity index (χ2v) is 11.8. The van der Waals surface area contributed by atoms with Crippen molar-refractivity contribution in [3.05, 3.63) is 95.8 Å². The van der Waals surface area contributed by atoms with Gasteiger partial charge in [0.1, 0.15) is 17.3 Å². The van der Waals surface area contributed by atoms with Crippen LogP contribution in [0.1, 0.15) is 74.8 Å². The Morgan fingerprint density at radius 2 is 1.65 bits per heavy atom. The molecular weight excluding hydrogens is 538 g/mol. The van der Waals surface area contributed by atoms with Crippen molar-refractivity contribution in [2.75, 3.05) is 38.1 Å². The minimum absolute atomic E-state index is 0.0339. The monoisotopic (exact) mass is 581 g/mol. The lowest BCUT2D eigenvalue weighted by molar-refractivity contribution is -0.150. The molecule has 8 heteroatoms. The maximum Gasteiger partial charge on any atom is 0.318 e. The molecule has 1 aliphatic carbocycles. The third-order valence-corrected chi connectivity index (χ3v) is 8.96. The van der Waals surface area contributed by atoms with E-state index in [4.69, 9.17) is 19.6 Å². The number of fused-ring (bicyclic) bond motifs is 1. The number of piperidine rings is 1. The molecule has 2 aromatic carbocycles. The lowest BCUT2D eigenvalue weighted by Crippen LogP contribution is -2.38. The van der Waals surface area contributed by atoms with E-state index in [1.807, 2.05) is 25.3 Å².